The number of unbranched alkanes of at least 4 members (excludes halogenated alkanes) is 3. The molecule has 0 aliphatic carbocycles. The Morgan fingerprint density at radius 2 is 1.06 bits per heavy atom. The van der Waals surface area contributed by atoms with E-state index in [-0.39, 0.29) is 0 Å². The summed E-state index contributed by atoms with van der Waals surface area (Å²) in [4.78, 5) is 0. The van der Waals surface area contributed by atoms with Crippen molar-refractivity contribution < 1.29 is 0 Å². The molecule has 0 aromatic heterocycles. The quantitative estimate of drug-likeness (QED) is 0.468. The fraction of sp³-hybridized carbons (Fsp3) is 1.00. The van der Waals surface area contributed by atoms with Crippen LogP contribution in [0.1, 0.15) is 72.6 Å². The van der Waals surface area contributed by atoms with Crippen LogP contribution in [0.25, 0.3) is 0 Å². The zero-order valence-corrected chi connectivity index (χ0v) is 13.6. The van der Waals surface area contributed by atoms with E-state index in [9.17, 15) is 0 Å². The molecule has 2 heteroatoms. The highest BCUT2D eigenvalue weighted by atomic mass is 31.2. The molecule has 0 saturated carbocycles. The average Bonchev–Trinajstić information content (AvgIpc) is 2.37. The van der Waals surface area contributed by atoms with E-state index in [1.807, 2.05) is 0 Å². The summed E-state index contributed by atoms with van der Waals surface area (Å²) < 4.78 is 0. The van der Waals surface area contributed by atoms with E-state index in [0.29, 0.717) is 0 Å². The number of hydrogen-bond donors (Lipinski definition) is 1. The van der Waals surface area contributed by atoms with Crippen molar-refractivity contribution in [1.82, 2.24) is 5.09 Å². The monoisotopic (exact) mass is 260 g/mol. The van der Waals surface area contributed by atoms with Crippen LogP contribution in [0, 0.1) is 0 Å². The number of hydrogen-bond acceptors (Lipinski definition) is 1. The van der Waals surface area contributed by atoms with E-state index in [1.165, 1.54) is 70.0 Å². The zero-order valence-electron chi connectivity index (χ0n) is 12.7. The Kier molecular flexibility index (Phi) is 11.7. The summed E-state index contributed by atoms with van der Waals surface area (Å²) in [6.07, 6.45) is 14.1. The van der Waals surface area contributed by atoms with Gasteiger partial charge in [-0.15, -0.1) is 0 Å². The normalized spacial score (nSPS) is 12.0. The Balaban J connectivity index is 4.39. The Hall–Kier alpha value is 0.390. The predicted molar refractivity (Wildman–Crippen MR) is 84.5 cm³/mol. The molecule has 0 amide bonds. The maximum Gasteiger partial charge on any atom is -0.00157 e. The second-order valence-corrected chi connectivity index (χ2v) is 9.23. The Morgan fingerprint density at radius 1 is 0.647 bits per heavy atom. The van der Waals surface area contributed by atoms with Crippen molar-refractivity contribution in [3.8, 4) is 0 Å². The summed E-state index contributed by atoms with van der Waals surface area (Å²) in [6.45, 7) is 10.5. The third-order valence-corrected chi connectivity index (χ3v) is 7.93. The molecule has 0 saturated heterocycles. The molecule has 0 spiro atoms. The van der Waals surface area contributed by atoms with Gasteiger partial charge in [0.15, 0.2) is 0 Å². The summed E-state index contributed by atoms with van der Waals surface area (Å²) >= 11 is 0. The van der Waals surface area contributed by atoms with Crippen molar-refractivity contribution in [3.05, 3.63) is 0 Å². The van der Waals surface area contributed by atoms with Crippen molar-refractivity contribution in [2.24, 2.45) is 0 Å². The van der Waals surface area contributed by atoms with Gasteiger partial charge in [0.25, 0.3) is 0 Å². The second kappa shape index (κ2) is 11.5. The third-order valence-electron chi connectivity index (χ3n) is 3.52. The van der Waals surface area contributed by atoms with Crippen LogP contribution >= 0.6 is 7.41 Å². The van der Waals surface area contributed by atoms with E-state index >= 15 is 0 Å². The third kappa shape index (κ3) is 8.16. The second-order valence-electron chi connectivity index (χ2n) is 5.28. The lowest BCUT2D eigenvalue weighted by Gasteiger charge is -2.38. The first kappa shape index (κ1) is 17.4. The highest BCUT2D eigenvalue weighted by molar-refractivity contribution is 7.74. The van der Waals surface area contributed by atoms with E-state index in [2.05, 4.69) is 32.8 Å². The zero-order chi connectivity index (χ0) is 13.0. The molecule has 0 aromatic rings. The van der Waals surface area contributed by atoms with Crippen molar-refractivity contribution >= 4 is 7.41 Å². The number of nitrogens with one attached hydrogen (secondary N) is 1. The van der Waals surface area contributed by atoms with Gasteiger partial charge in [-0.05, 0) is 50.7 Å². The fourth-order valence-corrected chi connectivity index (χ4v) is 6.91. The molecule has 1 radical (unpaired) electrons. The maximum absolute atomic E-state index is 4.00. The first-order valence-corrected chi connectivity index (χ1v) is 10.2. The molecule has 1 nitrogen and oxygen atoms in total. The van der Waals surface area contributed by atoms with E-state index in [1.54, 1.807) is 0 Å². The van der Waals surface area contributed by atoms with Gasteiger partial charge in [-0.25, -0.2) is 0 Å². The molecule has 0 heterocycles. The van der Waals surface area contributed by atoms with Gasteiger partial charge in [0.2, 0.25) is 0 Å². The summed E-state index contributed by atoms with van der Waals surface area (Å²) in [5, 5.41) is 4.00. The molecule has 0 fully saturated rings. The summed E-state index contributed by atoms with van der Waals surface area (Å²) in [5.41, 5.74) is 0. The van der Waals surface area contributed by atoms with Gasteiger partial charge in [-0.1, -0.05) is 54.4 Å². The minimum atomic E-state index is -0.812. The van der Waals surface area contributed by atoms with Gasteiger partial charge in [-0.2, -0.15) is 0 Å². The van der Waals surface area contributed by atoms with Gasteiger partial charge in [-0.3, -0.25) is 5.09 Å². The predicted octanol–water partition coefficient (Wildman–Crippen LogP) is 5.32. The molecule has 1 N–H and O–H groups in total. The van der Waals surface area contributed by atoms with Gasteiger partial charge >= 0.3 is 0 Å². The molecular formula is C15H35NP. The summed E-state index contributed by atoms with van der Waals surface area (Å²) in [7, 11) is -0.812. The van der Waals surface area contributed by atoms with Crippen LogP contribution in [0.5, 0.6) is 0 Å². The van der Waals surface area contributed by atoms with Crippen LogP contribution < -0.4 is 5.09 Å². The smallest absolute Gasteiger partial charge is 0.00157 e. The van der Waals surface area contributed by atoms with Crippen molar-refractivity contribution in [3.63, 3.8) is 0 Å². The van der Waals surface area contributed by atoms with Crippen molar-refractivity contribution in [2.75, 3.05) is 25.0 Å². The SMILES string of the molecule is CCCC[P](CCCC)(CCCC)NCCC. The maximum atomic E-state index is 4.00. The molecule has 0 atom stereocenters. The number of rotatable bonds is 12. The first-order chi connectivity index (χ1) is 8.24. The molecule has 0 rings (SSSR count). The first-order valence-electron chi connectivity index (χ1n) is 7.85. The summed E-state index contributed by atoms with van der Waals surface area (Å²) in [5.74, 6) is 0. The van der Waals surface area contributed by atoms with E-state index < -0.39 is 7.41 Å². The minimum absolute atomic E-state index is 0.812. The van der Waals surface area contributed by atoms with Gasteiger partial charge in [0.05, 0.1) is 0 Å². The highest BCUT2D eigenvalue weighted by Crippen LogP contribution is 2.56. The topological polar surface area (TPSA) is 12.0 Å². The van der Waals surface area contributed by atoms with E-state index in [0.717, 1.165) is 0 Å². The van der Waals surface area contributed by atoms with Crippen LogP contribution in [0.15, 0.2) is 0 Å². The minimum Gasteiger partial charge on any atom is -0.300 e. The molecule has 0 aromatic carbocycles. The Labute approximate surface area is 111 Å². The highest BCUT2D eigenvalue weighted by Gasteiger charge is 2.24. The molecule has 0 aliphatic rings. The van der Waals surface area contributed by atoms with Crippen LogP contribution in [-0.4, -0.2) is 25.0 Å². The van der Waals surface area contributed by atoms with Crippen molar-refractivity contribution in [2.45, 2.75) is 72.6 Å². The standard InChI is InChI=1S/C15H35NP/c1-5-9-13-17(14-10-6-2,15-11-7-3)16-12-8-4/h16H,5-15H2,1-4H3. The van der Waals surface area contributed by atoms with Gasteiger partial charge < -0.3 is 0 Å². The molecule has 0 unspecified atom stereocenters. The lowest BCUT2D eigenvalue weighted by Crippen LogP contribution is -2.25. The molecule has 17 heavy (non-hydrogen) atoms. The van der Waals surface area contributed by atoms with Gasteiger partial charge in [0.1, 0.15) is 0 Å². The molecular weight excluding hydrogens is 225 g/mol. The molecule has 0 bridgehead atoms. The van der Waals surface area contributed by atoms with Crippen LogP contribution in [0.2, 0.25) is 0 Å². The van der Waals surface area contributed by atoms with Crippen LogP contribution in [0.4, 0.5) is 0 Å². The fourth-order valence-electron chi connectivity index (χ4n) is 2.30. The van der Waals surface area contributed by atoms with Gasteiger partial charge in [0, 0.05) is 0 Å². The largest absolute Gasteiger partial charge is 0.300 e. The average molecular weight is 260 g/mol. The van der Waals surface area contributed by atoms with Crippen LogP contribution in [0.3, 0.4) is 0 Å². The van der Waals surface area contributed by atoms with E-state index in [4.69, 9.17) is 0 Å². The lowest BCUT2D eigenvalue weighted by atomic mass is 10.4. The summed E-state index contributed by atoms with van der Waals surface area (Å²) in [6, 6.07) is 0. The lowest BCUT2D eigenvalue weighted by molar-refractivity contribution is 0.790. The van der Waals surface area contributed by atoms with Crippen LogP contribution in [-0.2, 0) is 0 Å². The Bertz CT molecular complexity index is 121. The molecule has 105 valence electrons. The Morgan fingerprint density at radius 3 is 1.35 bits per heavy atom. The molecule has 0 aliphatic heterocycles. The van der Waals surface area contributed by atoms with Crippen molar-refractivity contribution in [1.29, 1.82) is 0 Å².